The normalized spacial score (nSPS) is 10.6. The highest BCUT2D eigenvalue weighted by Crippen LogP contribution is 2.51. The summed E-state index contributed by atoms with van der Waals surface area (Å²) in [7, 11) is 2.80. The number of thiophene rings is 2. The van der Waals surface area contributed by atoms with Crippen LogP contribution in [0.15, 0.2) is 8.42 Å². The van der Waals surface area contributed by atoms with Crippen molar-refractivity contribution in [2.45, 2.75) is 50.0 Å². The first-order chi connectivity index (χ1) is 15.1. The summed E-state index contributed by atoms with van der Waals surface area (Å²) in [6.45, 7) is 10.2. The van der Waals surface area contributed by atoms with Crippen molar-refractivity contribution in [3.8, 4) is 0 Å². The van der Waals surface area contributed by atoms with Gasteiger partial charge in [-0.3, -0.25) is 9.59 Å². The molecule has 0 aliphatic heterocycles. The Kier molecular flexibility index (Phi) is 9.62. The molecule has 0 spiro atoms. The standard InChI is InChI=1S/C20H24N2O6S4/c1-7-27-17(25)13-9(3)19(29-15(13)21-11(5)23)31-32-20-10(4)14(18(26)28-8-2)16(30-20)22-12(6)24/h7-8H2,1-6H3,(H,21,23)(H,22,24). The van der Waals surface area contributed by atoms with Crippen molar-refractivity contribution in [1.29, 1.82) is 0 Å². The molecule has 174 valence electrons. The minimum Gasteiger partial charge on any atom is -0.462 e. The number of hydrogen-bond donors (Lipinski definition) is 2. The summed E-state index contributed by atoms with van der Waals surface area (Å²) in [5.41, 5.74) is 2.08. The monoisotopic (exact) mass is 516 g/mol. The minimum atomic E-state index is -0.494. The maximum absolute atomic E-state index is 12.4. The van der Waals surface area contributed by atoms with Gasteiger partial charge >= 0.3 is 11.9 Å². The smallest absolute Gasteiger partial charge is 0.341 e. The molecule has 0 bridgehead atoms. The Morgan fingerprint density at radius 1 is 0.750 bits per heavy atom. The van der Waals surface area contributed by atoms with Crippen molar-refractivity contribution in [3.63, 3.8) is 0 Å². The van der Waals surface area contributed by atoms with Crippen LogP contribution in [0.3, 0.4) is 0 Å². The lowest BCUT2D eigenvalue weighted by atomic mass is 10.2. The lowest BCUT2D eigenvalue weighted by molar-refractivity contribution is -0.115. The van der Waals surface area contributed by atoms with E-state index in [1.54, 1.807) is 27.7 Å². The van der Waals surface area contributed by atoms with Gasteiger partial charge in [0.2, 0.25) is 11.8 Å². The van der Waals surface area contributed by atoms with Crippen molar-refractivity contribution >= 4 is 78.0 Å². The molecular weight excluding hydrogens is 492 g/mol. The van der Waals surface area contributed by atoms with Crippen LogP contribution >= 0.6 is 44.3 Å². The van der Waals surface area contributed by atoms with Crippen LogP contribution in [0.25, 0.3) is 0 Å². The van der Waals surface area contributed by atoms with E-state index in [1.165, 1.54) is 58.1 Å². The fraction of sp³-hybridized carbons (Fsp3) is 0.400. The molecule has 0 saturated carbocycles. The third-order valence-corrected chi connectivity index (χ3v) is 9.82. The van der Waals surface area contributed by atoms with E-state index >= 15 is 0 Å². The highest BCUT2D eigenvalue weighted by Gasteiger charge is 2.26. The zero-order valence-corrected chi connectivity index (χ0v) is 21.8. The maximum atomic E-state index is 12.4. The summed E-state index contributed by atoms with van der Waals surface area (Å²) in [6.07, 6.45) is 0. The van der Waals surface area contributed by atoms with Gasteiger partial charge in [0.25, 0.3) is 0 Å². The zero-order valence-electron chi connectivity index (χ0n) is 18.5. The van der Waals surface area contributed by atoms with Crippen molar-refractivity contribution in [3.05, 3.63) is 22.3 Å². The quantitative estimate of drug-likeness (QED) is 0.332. The Morgan fingerprint density at radius 3 is 1.38 bits per heavy atom. The summed E-state index contributed by atoms with van der Waals surface area (Å²) in [4.78, 5) is 48.0. The molecule has 8 nitrogen and oxygen atoms in total. The summed E-state index contributed by atoms with van der Waals surface area (Å²) < 4.78 is 11.9. The minimum absolute atomic E-state index is 0.224. The first kappa shape index (κ1) is 26.2. The first-order valence-corrected chi connectivity index (χ1v) is 13.4. The fourth-order valence-electron chi connectivity index (χ4n) is 2.61. The molecule has 12 heteroatoms. The maximum Gasteiger partial charge on any atom is 0.341 e. The third-order valence-electron chi connectivity index (χ3n) is 3.94. The molecule has 2 rings (SSSR count). The molecule has 0 atom stereocenters. The van der Waals surface area contributed by atoms with Gasteiger partial charge in [-0.15, -0.1) is 22.7 Å². The van der Waals surface area contributed by atoms with Gasteiger partial charge in [0.1, 0.15) is 10.0 Å². The Bertz CT molecular complexity index is 961. The zero-order chi connectivity index (χ0) is 24.0. The van der Waals surface area contributed by atoms with Gasteiger partial charge in [0.05, 0.1) is 32.8 Å². The molecule has 0 saturated heterocycles. The van der Waals surface area contributed by atoms with Gasteiger partial charge in [0, 0.05) is 13.8 Å². The molecule has 2 aromatic heterocycles. The number of rotatable bonds is 9. The fourth-order valence-corrected chi connectivity index (χ4v) is 8.37. The largest absolute Gasteiger partial charge is 0.462 e. The average Bonchev–Trinajstić information content (AvgIpc) is 3.15. The molecule has 2 aromatic rings. The lowest BCUT2D eigenvalue weighted by Crippen LogP contribution is -2.11. The molecule has 0 aliphatic carbocycles. The van der Waals surface area contributed by atoms with Crippen LogP contribution in [0.2, 0.25) is 0 Å². The van der Waals surface area contributed by atoms with E-state index in [0.29, 0.717) is 32.3 Å². The number of hydrogen-bond acceptors (Lipinski definition) is 10. The number of anilines is 2. The van der Waals surface area contributed by atoms with E-state index in [-0.39, 0.29) is 25.0 Å². The molecule has 32 heavy (non-hydrogen) atoms. The molecule has 2 heterocycles. The van der Waals surface area contributed by atoms with Gasteiger partial charge in [0.15, 0.2) is 0 Å². The Balaban J connectivity index is 2.37. The van der Waals surface area contributed by atoms with Crippen LogP contribution in [-0.4, -0.2) is 37.0 Å². The van der Waals surface area contributed by atoms with Crippen LogP contribution in [0.1, 0.15) is 59.5 Å². The molecular formula is C20H24N2O6S4. The molecule has 0 aromatic carbocycles. The van der Waals surface area contributed by atoms with Crippen molar-refractivity contribution < 1.29 is 28.7 Å². The van der Waals surface area contributed by atoms with Crippen LogP contribution in [0.5, 0.6) is 0 Å². The molecule has 0 radical (unpaired) electrons. The first-order valence-electron chi connectivity index (χ1n) is 9.61. The van der Waals surface area contributed by atoms with Gasteiger partial charge in [-0.1, -0.05) is 0 Å². The number of carbonyl (C=O) groups excluding carboxylic acids is 4. The predicted molar refractivity (Wildman–Crippen MR) is 130 cm³/mol. The van der Waals surface area contributed by atoms with Crippen LogP contribution < -0.4 is 10.6 Å². The third kappa shape index (κ3) is 6.27. The van der Waals surface area contributed by atoms with E-state index in [4.69, 9.17) is 9.47 Å². The van der Waals surface area contributed by atoms with Crippen LogP contribution in [0, 0.1) is 13.8 Å². The molecule has 0 fully saturated rings. The van der Waals surface area contributed by atoms with Gasteiger partial charge in [-0.25, -0.2) is 9.59 Å². The second-order valence-corrected chi connectivity index (χ2v) is 11.1. The topological polar surface area (TPSA) is 111 Å². The summed E-state index contributed by atoms with van der Waals surface area (Å²) in [5.74, 6) is -1.55. The highest BCUT2D eigenvalue weighted by atomic mass is 33.1. The average molecular weight is 517 g/mol. The predicted octanol–water partition coefficient (Wildman–Crippen LogP) is 5.50. The van der Waals surface area contributed by atoms with E-state index in [2.05, 4.69) is 10.6 Å². The molecule has 2 N–H and O–H groups in total. The number of esters is 2. The SMILES string of the molecule is CCOC(=O)c1c(NC(C)=O)sc(SSc2sc(NC(C)=O)c(C(=O)OCC)c2C)c1C. The number of ether oxygens (including phenoxy) is 2. The van der Waals surface area contributed by atoms with Gasteiger partial charge < -0.3 is 20.1 Å². The number of carbonyl (C=O) groups is 4. The van der Waals surface area contributed by atoms with Crippen molar-refractivity contribution in [2.24, 2.45) is 0 Å². The summed E-state index contributed by atoms with van der Waals surface area (Å²) >= 11 is 2.56. The number of nitrogens with one attached hydrogen (secondary N) is 2. The van der Waals surface area contributed by atoms with Gasteiger partial charge in [-0.05, 0) is 60.4 Å². The Labute approximate surface area is 202 Å². The van der Waals surface area contributed by atoms with Gasteiger partial charge in [-0.2, -0.15) is 0 Å². The Morgan fingerprint density at radius 2 is 1.09 bits per heavy atom. The summed E-state index contributed by atoms with van der Waals surface area (Å²) in [5, 5.41) is 6.27. The second-order valence-electron chi connectivity index (χ2n) is 6.41. The van der Waals surface area contributed by atoms with Crippen molar-refractivity contribution in [2.75, 3.05) is 23.8 Å². The lowest BCUT2D eigenvalue weighted by Gasteiger charge is -2.05. The van der Waals surface area contributed by atoms with E-state index in [0.717, 1.165) is 8.42 Å². The number of amides is 2. The molecule has 2 amide bonds. The molecule has 0 unspecified atom stereocenters. The van der Waals surface area contributed by atoms with E-state index in [9.17, 15) is 19.2 Å². The van der Waals surface area contributed by atoms with Crippen LogP contribution in [-0.2, 0) is 19.1 Å². The molecule has 0 aliphatic rings. The van der Waals surface area contributed by atoms with E-state index in [1.807, 2.05) is 0 Å². The highest BCUT2D eigenvalue weighted by molar-refractivity contribution is 8.77. The summed E-state index contributed by atoms with van der Waals surface area (Å²) in [6, 6.07) is 0. The Hall–Kier alpha value is -2.02. The van der Waals surface area contributed by atoms with E-state index < -0.39 is 11.9 Å². The van der Waals surface area contributed by atoms with Crippen molar-refractivity contribution in [1.82, 2.24) is 0 Å². The van der Waals surface area contributed by atoms with Crippen LogP contribution in [0.4, 0.5) is 10.0 Å². The second kappa shape index (κ2) is 11.7.